The lowest BCUT2D eigenvalue weighted by Gasteiger charge is -2.23. The van der Waals surface area contributed by atoms with E-state index in [0.29, 0.717) is 19.6 Å². The lowest BCUT2D eigenvalue weighted by molar-refractivity contribution is -0.132. The van der Waals surface area contributed by atoms with Crippen LogP contribution in [0.15, 0.2) is 54.6 Å². The van der Waals surface area contributed by atoms with Gasteiger partial charge in [0.25, 0.3) is 0 Å². The van der Waals surface area contributed by atoms with Crippen molar-refractivity contribution in [2.45, 2.75) is 19.4 Å². The van der Waals surface area contributed by atoms with E-state index in [-0.39, 0.29) is 37.1 Å². The van der Waals surface area contributed by atoms with Crippen LogP contribution in [0.5, 0.6) is 5.75 Å². The summed E-state index contributed by atoms with van der Waals surface area (Å²) in [6.07, 6.45) is 0.943. The summed E-state index contributed by atoms with van der Waals surface area (Å²) in [5.74, 6) is -0.278. The molecule has 25 heavy (non-hydrogen) atoms. The summed E-state index contributed by atoms with van der Waals surface area (Å²) >= 11 is 0. The number of nitrogens with zero attached hydrogens (tertiary/aromatic N) is 1. The Hall–Kier alpha value is -2.11. The number of halogens is 2. The average Bonchev–Trinajstić information content (AvgIpc) is 2.61. The lowest BCUT2D eigenvalue weighted by Crippen LogP contribution is -2.33. The molecule has 0 saturated heterocycles. The normalized spacial score (nSPS) is 10.0. The maximum absolute atomic E-state index is 13.5. The Kier molecular flexibility index (Phi) is 9.58. The first-order valence-electron chi connectivity index (χ1n) is 8.10. The van der Waals surface area contributed by atoms with Crippen molar-refractivity contribution in [3.63, 3.8) is 0 Å². The van der Waals surface area contributed by atoms with Crippen LogP contribution in [-0.2, 0) is 11.3 Å². The summed E-state index contributed by atoms with van der Waals surface area (Å²) in [4.78, 5) is 14.2. The van der Waals surface area contributed by atoms with E-state index >= 15 is 0 Å². The predicted molar refractivity (Wildman–Crippen MR) is 99.3 cm³/mol. The topological polar surface area (TPSA) is 55.6 Å². The first-order chi connectivity index (χ1) is 11.7. The van der Waals surface area contributed by atoms with Crippen LogP contribution in [0.2, 0.25) is 0 Å². The predicted octanol–water partition coefficient (Wildman–Crippen LogP) is 3.39. The van der Waals surface area contributed by atoms with Gasteiger partial charge in [-0.3, -0.25) is 4.79 Å². The van der Waals surface area contributed by atoms with Crippen molar-refractivity contribution in [2.24, 2.45) is 5.73 Å². The molecule has 0 fully saturated rings. The largest absolute Gasteiger partial charge is 0.490 e. The maximum Gasteiger partial charge on any atom is 0.226 e. The number of para-hydroxylation sites is 1. The molecule has 0 atom stereocenters. The molecule has 4 nitrogen and oxygen atoms in total. The highest BCUT2D eigenvalue weighted by atomic mass is 35.5. The number of rotatable bonds is 9. The van der Waals surface area contributed by atoms with E-state index in [1.54, 1.807) is 23.1 Å². The molecular formula is C19H24ClFN2O2. The Morgan fingerprint density at radius 1 is 1.08 bits per heavy atom. The van der Waals surface area contributed by atoms with Gasteiger partial charge >= 0.3 is 0 Å². The Labute approximate surface area is 154 Å². The van der Waals surface area contributed by atoms with Crippen molar-refractivity contribution in [1.29, 1.82) is 0 Å². The van der Waals surface area contributed by atoms with Crippen LogP contribution in [0.3, 0.4) is 0 Å². The number of amides is 1. The molecule has 2 N–H and O–H groups in total. The molecule has 0 bridgehead atoms. The van der Waals surface area contributed by atoms with E-state index in [1.807, 2.05) is 30.3 Å². The van der Waals surface area contributed by atoms with Gasteiger partial charge in [0.2, 0.25) is 5.91 Å². The van der Waals surface area contributed by atoms with E-state index in [2.05, 4.69) is 0 Å². The second-order valence-corrected chi connectivity index (χ2v) is 5.47. The Morgan fingerprint density at radius 2 is 1.76 bits per heavy atom. The van der Waals surface area contributed by atoms with Gasteiger partial charge in [0.1, 0.15) is 0 Å². The minimum atomic E-state index is -0.422. The molecule has 0 radical (unpaired) electrons. The highest BCUT2D eigenvalue weighted by Gasteiger charge is 2.14. The average molecular weight is 367 g/mol. The number of benzene rings is 2. The van der Waals surface area contributed by atoms with Gasteiger partial charge in [-0.25, -0.2) is 4.39 Å². The van der Waals surface area contributed by atoms with Gasteiger partial charge in [-0.15, -0.1) is 12.4 Å². The van der Waals surface area contributed by atoms with Gasteiger partial charge in [0.15, 0.2) is 11.6 Å². The monoisotopic (exact) mass is 366 g/mol. The number of nitrogens with two attached hydrogens (primary N) is 1. The molecule has 0 aliphatic rings. The highest BCUT2D eigenvalue weighted by molar-refractivity contribution is 5.85. The van der Waals surface area contributed by atoms with Crippen molar-refractivity contribution >= 4 is 18.3 Å². The van der Waals surface area contributed by atoms with E-state index < -0.39 is 5.82 Å². The third kappa shape index (κ3) is 7.11. The second-order valence-electron chi connectivity index (χ2n) is 5.47. The molecule has 0 heterocycles. The van der Waals surface area contributed by atoms with Gasteiger partial charge in [-0.2, -0.15) is 0 Å². The van der Waals surface area contributed by atoms with E-state index in [9.17, 15) is 9.18 Å². The molecule has 0 aromatic heterocycles. The molecular weight excluding hydrogens is 343 g/mol. The summed E-state index contributed by atoms with van der Waals surface area (Å²) in [6.45, 7) is 1.82. The molecule has 0 aliphatic heterocycles. The van der Waals surface area contributed by atoms with Crippen molar-refractivity contribution < 1.29 is 13.9 Å². The number of carbonyl (C=O) groups excluding carboxylic acids is 1. The third-order valence-corrected chi connectivity index (χ3v) is 3.61. The van der Waals surface area contributed by atoms with Crippen LogP contribution in [0.4, 0.5) is 4.39 Å². The number of ether oxygens (including phenoxy) is 1. The quantitative estimate of drug-likeness (QED) is 0.740. The zero-order valence-corrected chi connectivity index (χ0v) is 14.9. The molecule has 2 rings (SSSR count). The minimum Gasteiger partial charge on any atom is -0.490 e. The molecule has 0 unspecified atom stereocenters. The van der Waals surface area contributed by atoms with Crippen LogP contribution in [0.25, 0.3) is 0 Å². The maximum atomic E-state index is 13.5. The van der Waals surface area contributed by atoms with Crippen molar-refractivity contribution in [1.82, 2.24) is 4.90 Å². The van der Waals surface area contributed by atoms with Crippen molar-refractivity contribution in [3.8, 4) is 5.75 Å². The Balaban J connectivity index is 0.00000312. The minimum absolute atomic E-state index is 0. The number of hydrogen-bond acceptors (Lipinski definition) is 3. The summed E-state index contributed by atoms with van der Waals surface area (Å²) in [5.41, 5.74) is 6.63. The van der Waals surface area contributed by atoms with Gasteiger partial charge in [0, 0.05) is 13.1 Å². The van der Waals surface area contributed by atoms with Crippen molar-refractivity contribution in [3.05, 3.63) is 66.0 Å². The smallest absolute Gasteiger partial charge is 0.226 e. The van der Waals surface area contributed by atoms with Crippen LogP contribution in [0.1, 0.15) is 18.4 Å². The summed E-state index contributed by atoms with van der Waals surface area (Å²) in [7, 11) is 0. The summed E-state index contributed by atoms with van der Waals surface area (Å²) in [5, 5.41) is 0. The van der Waals surface area contributed by atoms with E-state index in [4.69, 9.17) is 10.5 Å². The van der Waals surface area contributed by atoms with Gasteiger partial charge < -0.3 is 15.4 Å². The fraction of sp³-hybridized carbons (Fsp3) is 0.316. The third-order valence-electron chi connectivity index (χ3n) is 3.61. The fourth-order valence-corrected chi connectivity index (χ4v) is 2.35. The zero-order chi connectivity index (χ0) is 17.2. The molecule has 0 aliphatic carbocycles. The fourth-order valence-electron chi connectivity index (χ4n) is 2.35. The van der Waals surface area contributed by atoms with E-state index in [1.165, 1.54) is 6.07 Å². The first kappa shape index (κ1) is 20.9. The molecule has 2 aromatic rings. The second kappa shape index (κ2) is 11.4. The van der Waals surface area contributed by atoms with Crippen LogP contribution < -0.4 is 10.5 Å². The zero-order valence-electron chi connectivity index (χ0n) is 14.1. The van der Waals surface area contributed by atoms with E-state index in [0.717, 1.165) is 12.0 Å². The summed E-state index contributed by atoms with van der Waals surface area (Å²) < 4.78 is 18.9. The van der Waals surface area contributed by atoms with Crippen LogP contribution >= 0.6 is 12.4 Å². The Bertz CT molecular complexity index is 640. The highest BCUT2D eigenvalue weighted by Crippen LogP contribution is 2.15. The van der Waals surface area contributed by atoms with Crippen LogP contribution in [-0.4, -0.2) is 30.5 Å². The Morgan fingerprint density at radius 3 is 2.44 bits per heavy atom. The van der Waals surface area contributed by atoms with Gasteiger partial charge in [0.05, 0.1) is 13.0 Å². The van der Waals surface area contributed by atoms with Crippen LogP contribution in [0, 0.1) is 5.82 Å². The lowest BCUT2D eigenvalue weighted by atomic mass is 10.2. The van der Waals surface area contributed by atoms with Gasteiger partial charge in [-0.1, -0.05) is 42.5 Å². The SMILES string of the molecule is Cl.NCCCN(Cc1ccccc1)C(=O)CCOc1ccccc1F. The molecule has 136 valence electrons. The number of carbonyl (C=O) groups is 1. The molecule has 0 saturated carbocycles. The molecule has 6 heteroatoms. The standard InChI is InChI=1S/C19H23FN2O2.ClH/c20-17-9-4-5-10-18(17)24-14-11-19(23)22(13-6-12-21)15-16-7-2-1-3-8-16;/h1-5,7-10H,6,11-15,21H2;1H. The number of hydrogen-bond donors (Lipinski definition) is 1. The van der Waals surface area contributed by atoms with Gasteiger partial charge in [-0.05, 0) is 30.7 Å². The van der Waals surface area contributed by atoms with Crippen molar-refractivity contribution in [2.75, 3.05) is 19.7 Å². The molecule has 2 aromatic carbocycles. The molecule has 0 spiro atoms. The summed E-state index contributed by atoms with van der Waals surface area (Å²) in [6, 6.07) is 16.0. The first-order valence-corrected chi connectivity index (χ1v) is 8.10. The molecule has 1 amide bonds.